The second-order valence-electron chi connectivity index (χ2n) is 5.33. The highest BCUT2D eigenvalue weighted by Gasteiger charge is 2.21. The van der Waals surface area contributed by atoms with Gasteiger partial charge in [-0.05, 0) is 17.7 Å². The number of halogens is 6. The van der Waals surface area contributed by atoms with Gasteiger partial charge in [-0.1, -0.05) is 29.3 Å². The van der Waals surface area contributed by atoms with Gasteiger partial charge in [0.25, 0.3) is 0 Å². The average molecular weight is 424 g/mol. The molecular formula is C17H11Cl2F4NO3. The maximum Gasteiger partial charge on any atom is 0.224 e. The van der Waals surface area contributed by atoms with Crippen LogP contribution in [0, 0.1) is 23.3 Å². The van der Waals surface area contributed by atoms with Crippen LogP contribution in [0.3, 0.4) is 0 Å². The molecule has 0 aromatic heterocycles. The molecule has 0 unspecified atom stereocenters. The van der Waals surface area contributed by atoms with Crippen LogP contribution in [-0.2, 0) is 16.0 Å². The lowest BCUT2D eigenvalue weighted by atomic mass is 10.1. The van der Waals surface area contributed by atoms with Gasteiger partial charge in [0.2, 0.25) is 17.5 Å². The largest absolute Gasteiger partial charge is 0.479 e. The molecule has 0 radical (unpaired) electrons. The lowest BCUT2D eigenvalue weighted by Crippen LogP contribution is -2.33. The lowest BCUT2D eigenvalue weighted by molar-refractivity contribution is -0.125. The number of ketones is 1. The van der Waals surface area contributed by atoms with Crippen molar-refractivity contribution >= 4 is 34.9 Å². The Morgan fingerprint density at radius 2 is 1.59 bits per heavy atom. The van der Waals surface area contributed by atoms with Gasteiger partial charge in [-0.2, -0.15) is 8.78 Å². The van der Waals surface area contributed by atoms with E-state index in [1.165, 1.54) is 12.1 Å². The molecule has 27 heavy (non-hydrogen) atoms. The predicted molar refractivity (Wildman–Crippen MR) is 90.0 cm³/mol. The molecule has 0 spiro atoms. The van der Waals surface area contributed by atoms with Crippen molar-refractivity contribution in [3.8, 4) is 5.75 Å². The van der Waals surface area contributed by atoms with Gasteiger partial charge in [-0.15, -0.1) is 0 Å². The van der Waals surface area contributed by atoms with Crippen LogP contribution in [0.5, 0.6) is 5.75 Å². The summed E-state index contributed by atoms with van der Waals surface area (Å²) < 4.78 is 57.4. The molecule has 4 nitrogen and oxygen atoms in total. The van der Waals surface area contributed by atoms with Crippen molar-refractivity contribution in [3.05, 3.63) is 63.1 Å². The van der Waals surface area contributed by atoms with Crippen LogP contribution in [0.2, 0.25) is 10.0 Å². The molecule has 144 valence electrons. The summed E-state index contributed by atoms with van der Waals surface area (Å²) in [6.07, 6.45) is -0.0939. The number of amides is 1. The minimum absolute atomic E-state index is 0.0165. The maximum atomic E-state index is 13.4. The second-order valence-corrected chi connectivity index (χ2v) is 6.14. The smallest absolute Gasteiger partial charge is 0.224 e. The Kier molecular flexibility index (Phi) is 7.04. The molecule has 0 aliphatic rings. The minimum atomic E-state index is -1.76. The SMILES string of the molecule is O=C(CNC(=O)Cc1ccc(Cl)c(Cl)c1)COc1c(F)c(F)cc(F)c1F. The van der Waals surface area contributed by atoms with Gasteiger partial charge in [0, 0.05) is 6.07 Å². The molecule has 0 saturated carbocycles. The zero-order valence-electron chi connectivity index (χ0n) is 13.4. The summed E-state index contributed by atoms with van der Waals surface area (Å²) in [6, 6.07) is 4.58. The summed E-state index contributed by atoms with van der Waals surface area (Å²) in [4.78, 5) is 23.4. The van der Waals surface area contributed by atoms with Crippen LogP contribution in [0.25, 0.3) is 0 Å². The van der Waals surface area contributed by atoms with E-state index in [1.54, 1.807) is 6.07 Å². The monoisotopic (exact) mass is 423 g/mol. The van der Waals surface area contributed by atoms with Crippen LogP contribution in [0.15, 0.2) is 24.3 Å². The first kappa shape index (κ1) is 21.0. The van der Waals surface area contributed by atoms with Crippen molar-refractivity contribution in [2.75, 3.05) is 13.2 Å². The summed E-state index contributed by atoms with van der Waals surface area (Å²) in [6.45, 7) is -1.41. The van der Waals surface area contributed by atoms with Gasteiger partial charge in [0.1, 0.15) is 6.61 Å². The Labute approximate surface area is 161 Å². The van der Waals surface area contributed by atoms with Crippen molar-refractivity contribution in [1.29, 1.82) is 0 Å². The number of Topliss-reactive ketones (excluding diaryl/α,β-unsaturated/α-hetero) is 1. The zero-order chi connectivity index (χ0) is 20.1. The Bertz CT molecular complexity index is 867. The average Bonchev–Trinajstić information content (AvgIpc) is 2.61. The van der Waals surface area contributed by atoms with E-state index >= 15 is 0 Å². The van der Waals surface area contributed by atoms with E-state index in [-0.39, 0.29) is 17.5 Å². The number of rotatable bonds is 7. The van der Waals surface area contributed by atoms with E-state index in [9.17, 15) is 27.2 Å². The molecule has 1 amide bonds. The maximum absolute atomic E-state index is 13.4. The molecule has 0 heterocycles. The number of ether oxygens (including phenoxy) is 1. The van der Waals surface area contributed by atoms with Gasteiger partial charge < -0.3 is 10.1 Å². The number of hydrogen-bond acceptors (Lipinski definition) is 3. The van der Waals surface area contributed by atoms with Crippen LogP contribution in [0.1, 0.15) is 5.56 Å². The molecule has 0 bridgehead atoms. The molecule has 2 rings (SSSR count). The van der Waals surface area contributed by atoms with Gasteiger partial charge in [0.15, 0.2) is 23.2 Å². The molecule has 1 N–H and O–H groups in total. The summed E-state index contributed by atoms with van der Waals surface area (Å²) in [5.41, 5.74) is 0.546. The Hall–Kier alpha value is -2.32. The fraction of sp³-hybridized carbons (Fsp3) is 0.176. The summed E-state index contributed by atoms with van der Waals surface area (Å²) >= 11 is 11.6. The molecule has 0 aliphatic heterocycles. The normalized spacial score (nSPS) is 10.6. The van der Waals surface area contributed by atoms with Crippen molar-refractivity contribution in [2.45, 2.75) is 6.42 Å². The number of carbonyl (C=O) groups excluding carboxylic acids is 2. The van der Waals surface area contributed by atoms with E-state index in [1.807, 2.05) is 0 Å². The Morgan fingerprint density at radius 3 is 2.19 bits per heavy atom. The molecule has 0 atom stereocenters. The highest BCUT2D eigenvalue weighted by Crippen LogP contribution is 2.26. The van der Waals surface area contributed by atoms with Crippen molar-refractivity contribution < 1.29 is 31.9 Å². The third-order valence-corrected chi connectivity index (χ3v) is 4.02. The third kappa shape index (κ3) is 5.58. The van der Waals surface area contributed by atoms with Crippen LogP contribution < -0.4 is 10.1 Å². The van der Waals surface area contributed by atoms with Gasteiger partial charge >= 0.3 is 0 Å². The highest BCUT2D eigenvalue weighted by atomic mass is 35.5. The quantitative estimate of drug-likeness (QED) is 0.543. The minimum Gasteiger partial charge on any atom is -0.479 e. The Morgan fingerprint density at radius 1 is 0.963 bits per heavy atom. The van der Waals surface area contributed by atoms with E-state index in [0.29, 0.717) is 10.6 Å². The molecule has 2 aromatic rings. The predicted octanol–water partition coefficient (Wildman–Crippen LogP) is 3.86. The highest BCUT2D eigenvalue weighted by molar-refractivity contribution is 6.42. The molecule has 0 saturated heterocycles. The van der Waals surface area contributed by atoms with Crippen molar-refractivity contribution in [2.24, 2.45) is 0 Å². The second kappa shape index (κ2) is 9.05. The first-order valence-corrected chi connectivity index (χ1v) is 8.12. The summed E-state index contributed by atoms with van der Waals surface area (Å²) in [5.74, 6) is -9.49. The standard InChI is InChI=1S/C17H11Cl2F4NO3/c18-10-2-1-8(3-11(10)19)4-14(26)24-6-9(25)7-27-17-15(22)12(20)5-13(21)16(17)23/h1-3,5H,4,6-7H2,(H,24,26). The third-order valence-electron chi connectivity index (χ3n) is 3.28. The van der Waals surface area contributed by atoms with Crippen LogP contribution >= 0.6 is 23.2 Å². The van der Waals surface area contributed by atoms with Crippen molar-refractivity contribution in [1.82, 2.24) is 5.32 Å². The first-order valence-electron chi connectivity index (χ1n) is 7.37. The first-order chi connectivity index (χ1) is 12.7. The fourth-order valence-electron chi connectivity index (χ4n) is 1.98. The van der Waals surface area contributed by atoms with E-state index in [0.717, 1.165) is 0 Å². The number of nitrogens with one attached hydrogen (secondary N) is 1. The molecular weight excluding hydrogens is 413 g/mol. The fourth-order valence-corrected chi connectivity index (χ4v) is 2.30. The number of carbonyl (C=O) groups is 2. The van der Waals surface area contributed by atoms with Gasteiger partial charge in [0.05, 0.1) is 23.0 Å². The van der Waals surface area contributed by atoms with Crippen LogP contribution in [0.4, 0.5) is 17.6 Å². The number of benzene rings is 2. The van der Waals surface area contributed by atoms with Gasteiger partial charge in [-0.25, -0.2) is 8.78 Å². The topological polar surface area (TPSA) is 55.4 Å². The number of hydrogen-bond donors (Lipinski definition) is 1. The van der Waals surface area contributed by atoms with Crippen LogP contribution in [-0.4, -0.2) is 24.8 Å². The van der Waals surface area contributed by atoms with Gasteiger partial charge in [-0.3, -0.25) is 9.59 Å². The molecule has 0 aliphatic carbocycles. The van der Waals surface area contributed by atoms with E-state index in [4.69, 9.17) is 23.2 Å². The lowest BCUT2D eigenvalue weighted by Gasteiger charge is -2.09. The van der Waals surface area contributed by atoms with E-state index < -0.39 is 53.9 Å². The van der Waals surface area contributed by atoms with E-state index in [2.05, 4.69) is 10.1 Å². The summed E-state index contributed by atoms with van der Waals surface area (Å²) in [7, 11) is 0. The Balaban J connectivity index is 1.86. The molecule has 0 fully saturated rings. The summed E-state index contributed by atoms with van der Waals surface area (Å²) in [5, 5.41) is 2.86. The molecule has 2 aromatic carbocycles. The zero-order valence-corrected chi connectivity index (χ0v) is 14.9. The molecule has 10 heteroatoms. The van der Waals surface area contributed by atoms with Crippen molar-refractivity contribution in [3.63, 3.8) is 0 Å².